The number of pyridine rings is 1. The number of aromatic nitrogens is 3. The van der Waals surface area contributed by atoms with Crippen LogP contribution < -0.4 is 0 Å². The summed E-state index contributed by atoms with van der Waals surface area (Å²) in [5.41, 5.74) is 4.69. The Bertz CT molecular complexity index is 1380. The summed E-state index contributed by atoms with van der Waals surface area (Å²) in [6, 6.07) is 16.9. The van der Waals surface area contributed by atoms with Crippen molar-refractivity contribution in [2.24, 2.45) is 0 Å². The lowest BCUT2D eigenvalue weighted by Gasteiger charge is -2.25. The summed E-state index contributed by atoms with van der Waals surface area (Å²) >= 11 is 0. The summed E-state index contributed by atoms with van der Waals surface area (Å²) < 4.78 is 38.5. The first-order chi connectivity index (χ1) is 17.3. The molecule has 1 unspecified atom stereocenters. The van der Waals surface area contributed by atoms with E-state index in [0.29, 0.717) is 25.8 Å². The SMILES string of the molecule is Cc1nc2ccc(CCC(=O)N3CCCC3c3cccc(Cc4ccc(C(F)(F)F)cc4)n3)cc2[nH]1. The number of carbonyl (C=O) groups excluding carboxylic acids is 1. The number of benzene rings is 2. The van der Waals surface area contributed by atoms with E-state index in [4.69, 9.17) is 4.98 Å². The molecule has 5 rings (SSSR count). The van der Waals surface area contributed by atoms with Gasteiger partial charge in [0.25, 0.3) is 0 Å². The van der Waals surface area contributed by atoms with E-state index in [2.05, 4.69) is 16.0 Å². The van der Waals surface area contributed by atoms with E-state index < -0.39 is 11.7 Å². The zero-order valence-corrected chi connectivity index (χ0v) is 20.0. The normalized spacial score (nSPS) is 16.1. The second kappa shape index (κ2) is 9.76. The van der Waals surface area contributed by atoms with Gasteiger partial charge in [-0.05, 0) is 73.7 Å². The van der Waals surface area contributed by atoms with E-state index >= 15 is 0 Å². The van der Waals surface area contributed by atoms with Crippen LogP contribution in [0, 0.1) is 6.92 Å². The van der Waals surface area contributed by atoms with Crippen molar-refractivity contribution < 1.29 is 18.0 Å². The number of rotatable bonds is 6. The van der Waals surface area contributed by atoms with Crippen molar-refractivity contribution in [1.82, 2.24) is 19.9 Å². The van der Waals surface area contributed by atoms with Crippen LogP contribution in [0.2, 0.25) is 0 Å². The van der Waals surface area contributed by atoms with Crippen molar-refractivity contribution in [1.29, 1.82) is 0 Å². The second-order valence-electron chi connectivity index (χ2n) is 9.34. The van der Waals surface area contributed by atoms with Crippen LogP contribution in [-0.4, -0.2) is 32.3 Å². The number of amides is 1. The van der Waals surface area contributed by atoms with Crippen LogP contribution in [0.15, 0.2) is 60.7 Å². The van der Waals surface area contributed by atoms with E-state index in [1.807, 2.05) is 42.2 Å². The minimum atomic E-state index is -4.35. The van der Waals surface area contributed by atoms with Gasteiger partial charge in [0.15, 0.2) is 0 Å². The van der Waals surface area contributed by atoms with Crippen LogP contribution in [0.25, 0.3) is 11.0 Å². The van der Waals surface area contributed by atoms with Crippen LogP contribution in [0.5, 0.6) is 0 Å². The molecule has 1 N–H and O–H groups in total. The standard InChI is InChI=1S/C28H27F3N4O/c1-18-32-23-13-9-20(17-25(23)33-18)10-14-27(36)35-15-3-6-26(35)24-5-2-4-22(34-24)16-19-7-11-21(12-8-19)28(29,30)31/h2,4-5,7-9,11-13,17,26H,3,6,10,14-16H2,1H3,(H,32,33). The van der Waals surface area contributed by atoms with Gasteiger partial charge in [0.05, 0.1) is 28.3 Å². The predicted molar refractivity (Wildman–Crippen MR) is 131 cm³/mol. The lowest BCUT2D eigenvalue weighted by atomic mass is 10.0. The highest BCUT2D eigenvalue weighted by molar-refractivity contribution is 5.78. The van der Waals surface area contributed by atoms with Gasteiger partial charge in [0.1, 0.15) is 5.82 Å². The Balaban J connectivity index is 1.24. The van der Waals surface area contributed by atoms with Crippen LogP contribution >= 0.6 is 0 Å². The Hall–Kier alpha value is -3.68. The molecule has 1 fully saturated rings. The molecule has 5 nitrogen and oxygen atoms in total. The molecule has 2 aromatic carbocycles. The summed E-state index contributed by atoms with van der Waals surface area (Å²) in [5, 5.41) is 0. The van der Waals surface area contributed by atoms with Gasteiger partial charge in [-0.1, -0.05) is 24.3 Å². The molecule has 1 aliphatic heterocycles. The first kappa shape index (κ1) is 24.0. The quantitative estimate of drug-likeness (QED) is 0.350. The molecule has 4 aromatic rings. The van der Waals surface area contributed by atoms with E-state index in [9.17, 15) is 18.0 Å². The number of aromatic amines is 1. The maximum atomic E-state index is 13.1. The molecule has 0 aliphatic carbocycles. The van der Waals surface area contributed by atoms with Gasteiger partial charge in [-0.25, -0.2) is 4.98 Å². The smallest absolute Gasteiger partial charge is 0.342 e. The zero-order valence-electron chi connectivity index (χ0n) is 20.0. The molecule has 0 radical (unpaired) electrons. The Morgan fingerprint density at radius 2 is 1.83 bits per heavy atom. The van der Waals surface area contributed by atoms with Gasteiger partial charge in [-0.2, -0.15) is 13.2 Å². The number of alkyl halides is 3. The average Bonchev–Trinajstić information content (AvgIpc) is 3.48. The van der Waals surface area contributed by atoms with Gasteiger partial charge in [-0.15, -0.1) is 0 Å². The lowest BCUT2D eigenvalue weighted by molar-refractivity contribution is -0.137. The van der Waals surface area contributed by atoms with Crippen LogP contribution in [0.1, 0.15) is 59.2 Å². The van der Waals surface area contributed by atoms with Crippen molar-refractivity contribution in [2.75, 3.05) is 6.54 Å². The van der Waals surface area contributed by atoms with Crippen LogP contribution in [0.3, 0.4) is 0 Å². The predicted octanol–water partition coefficient (Wildman–Crippen LogP) is 6.17. The van der Waals surface area contributed by atoms with E-state index in [1.165, 1.54) is 12.1 Å². The highest BCUT2D eigenvalue weighted by Crippen LogP contribution is 2.32. The fourth-order valence-corrected chi connectivity index (χ4v) is 4.91. The molecule has 1 amide bonds. The first-order valence-electron chi connectivity index (χ1n) is 12.1. The molecule has 8 heteroatoms. The van der Waals surface area contributed by atoms with Crippen molar-refractivity contribution in [3.05, 3.63) is 94.6 Å². The molecule has 1 aliphatic rings. The molecular formula is C28H27F3N4O. The van der Waals surface area contributed by atoms with Gasteiger partial charge in [-0.3, -0.25) is 9.78 Å². The Kier molecular flexibility index (Phi) is 6.51. The molecule has 36 heavy (non-hydrogen) atoms. The number of nitrogens with zero attached hydrogens (tertiary/aromatic N) is 3. The number of hydrogen-bond acceptors (Lipinski definition) is 3. The first-order valence-corrected chi connectivity index (χ1v) is 12.1. The number of aryl methyl sites for hydroxylation is 2. The number of fused-ring (bicyclic) bond motifs is 1. The van der Waals surface area contributed by atoms with Crippen molar-refractivity contribution in [2.45, 2.75) is 51.2 Å². The highest BCUT2D eigenvalue weighted by Gasteiger charge is 2.31. The van der Waals surface area contributed by atoms with Crippen LogP contribution in [0.4, 0.5) is 13.2 Å². The van der Waals surface area contributed by atoms with E-state index in [0.717, 1.165) is 64.3 Å². The molecule has 0 bridgehead atoms. The van der Waals surface area contributed by atoms with Crippen molar-refractivity contribution in [3.63, 3.8) is 0 Å². The van der Waals surface area contributed by atoms with Crippen molar-refractivity contribution in [3.8, 4) is 0 Å². The molecule has 186 valence electrons. The maximum absolute atomic E-state index is 13.1. The summed E-state index contributed by atoms with van der Waals surface area (Å²) in [5.74, 6) is 0.972. The molecule has 3 heterocycles. The summed E-state index contributed by atoms with van der Waals surface area (Å²) in [6.45, 7) is 2.62. The fraction of sp³-hybridized carbons (Fsp3) is 0.321. The van der Waals surface area contributed by atoms with E-state index in [1.54, 1.807) is 0 Å². The zero-order chi connectivity index (χ0) is 25.3. The van der Waals surface area contributed by atoms with E-state index in [-0.39, 0.29) is 11.9 Å². The molecule has 2 aromatic heterocycles. The van der Waals surface area contributed by atoms with Gasteiger partial charge < -0.3 is 9.88 Å². The monoisotopic (exact) mass is 492 g/mol. The number of nitrogens with one attached hydrogen (secondary N) is 1. The molecule has 0 saturated carbocycles. The minimum absolute atomic E-state index is 0.0807. The fourth-order valence-electron chi connectivity index (χ4n) is 4.91. The lowest BCUT2D eigenvalue weighted by Crippen LogP contribution is -2.31. The number of carbonyl (C=O) groups is 1. The summed E-state index contributed by atoms with van der Waals surface area (Å²) in [4.78, 5) is 27.5. The Morgan fingerprint density at radius 3 is 2.61 bits per heavy atom. The summed E-state index contributed by atoms with van der Waals surface area (Å²) in [7, 11) is 0. The number of H-pyrrole nitrogens is 1. The third-order valence-electron chi connectivity index (χ3n) is 6.70. The Morgan fingerprint density at radius 1 is 1.06 bits per heavy atom. The second-order valence-corrected chi connectivity index (χ2v) is 9.34. The van der Waals surface area contributed by atoms with Crippen LogP contribution in [-0.2, 0) is 23.8 Å². The number of imidazole rings is 1. The van der Waals surface area contributed by atoms with Gasteiger partial charge >= 0.3 is 6.18 Å². The highest BCUT2D eigenvalue weighted by atomic mass is 19.4. The number of hydrogen-bond donors (Lipinski definition) is 1. The van der Waals surface area contributed by atoms with Gasteiger partial charge in [0, 0.05) is 25.1 Å². The number of halogens is 3. The molecular weight excluding hydrogens is 465 g/mol. The van der Waals surface area contributed by atoms with Crippen molar-refractivity contribution >= 4 is 16.9 Å². The third-order valence-corrected chi connectivity index (χ3v) is 6.70. The topological polar surface area (TPSA) is 61.9 Å². The third kappa shape index (κ3) is 5.27. The van der Waals surface area contributed by atoms with Gasteiger partial charge in [0.2, 0.25) is 5.91 Å². The molecule has 1 saturated heterocycles. The number of likely N-dealkylation sites (tertiary alicyclic amines) is 1. The summed E-state index contributed by atoms with van der Waals surface area (Å²) in [6.07, 6.45) is -1.08. The maximum Gasteiger partial charge on any atom is 0.416 e. The molecule has 1 atom stereocenters. The molecule has 0 spiro atoms. The average molecular weight is 493 g/mol. The Labute approximate surface area is 207 Å². The minimum Gasteiger partial charge on any atom is -0.342 e. The largest absolute Gasteiger partial charge is 0.416 e.